The monoisotopic (exact) mass is 174 g/mol. The molecular formula is C11H14N2. The summed E-state index contributed by atoms with van der Waals surface area (Å²) in [6.45, 7) is 2.13. The Morgan fingerprint density at radius 3 is 2.54 bits per heavy atom. The molecule has 1 unspecified atom stereocenters. The van der Waals surface area contributed by atoms with Crippen molar-refractivity contribution in [1.82, 2.24) is 0 Å². The van der Waals surface area contributed by atoms with Crippen LogP contribution in [0.4, 0.5) is 5.69 Å². The highest BCUT2D eigenvalue weighted by Gasteiger charge is 2.03. The van der Waals surface area contributed by atoms with Crippen LogP contribution in [0.3, 0.4) is 0 Å². The standard InChI is InChI=1S/C11H14N2/c1-9(3-2-8-12)10-4-6-11(13)7-5-10/h4-7,9H,2-3,13H2,1H3. The number of nitrogens with zero attached hydrogens (tertiary/aromatic N) is 1. The molecule has 1 aromatic carbocycles. The van der Waals surface area contributed by atoms with Crippen molar-refractivity contribution in [3.8, 4) is 6.07 Å². The van der Waals surface area contributed by atoms with Crippen LogP contribution < -0.4 is 5.73 Å². The first-order chi connectivity index (χ1) is 6.24. The van der Waals surface area contributed by atoms with Crippen molar-refractivity contribution in [2.45, 2.75) is 25.7 Å². The fourth-order valence-electron chi connectivity index (χ4n) is 1.27. The molecule has 0 aliphatic carbocycles. The Morgan fingerprint density at radius 1 is 1.38 bits per heavy atom. The zero-order valence-electron chi connectivity index (χ0n) is 7.83. The van der Waals surface area contributed by atoms with Crippen LogP contribution in [-0.4, -0.2) is 0 Å². The molecule has 0 radical (unpaired) electrons. The Hall–Kier alpha value is -1.49. The minimum absolute atomic E-state index is 0.445. The average molecular weight is 174 g/mol. The van der Waals surface area contributed by atoms with Gasteiger partial charge < -0.3 is 5.73 Å². The summed E-state index contributed by atoms with van der Waals surface area (Å²) < 4.78 is 0. The molecule has 0 spiro atoms. The minimum Gasteiger partial charge on any atom is -0.399 e. The third-order valence-corrected chi connectivity index (χ3v) is 2.19. The average Bonchev–Trinajstić information content (AvgIpc) is 2.15. The number of hydrogen-bond donors (Lipinski definition) is 1. The van der Waals surface area contributed by atoms with Gasteiger partial charge in [0.05, 0.1) is 6.07 Å². The van der Waals surface area contributed by atoms with Crippen LogP contribution in [0.25, 0.3) is 0 Å². The largest absolute Gasteiger partial charge is 0.399 e. The van der Waals surface area contributed by atoms with Crippen molar-refractivity contribution in [1.29, 1.82) is 5.26 Å². The zero-order chi connectivity index (χ0) is 9.68. The van der Waals surface area contributed by atoms with Gasteiger partial charge in [0.15, 0.2) is 0 Å². The molecule has 0 fully saturated rings. The number of anilines is 1. The van der Waals surface area contributed by atoms with Gasteiger partial charge in [-0.15, -0.1) is 0 Å². The van der Waals surface area contributed by atoms with E-state index < -0.39 is 0 Å². The Morgan fingerprint density at radius 2 is 2.00 bits per heavy atom. The van der Waals surface area contributed by atoms with Gasteiger partial charge in [0, 0.05) is 12.1 Å². The number of nitrogens with two attached hydrogens (primary N) is 1. The highest BCUT2D eigenvalue weighted by molar-refractivity contribution is 5.40. The van der Waals surface area contributed by atoms with E-state index in [1.54, 1.807) is 0 Å². The molecule has 0 saturated carbocycles. The van der Waals surface area contributed by atoms with Crippen molar-refractivity contribution < 1.29 is 0 Å². The van der Waals surface area contributed by atoms with Gasteiger partial charge in [0.25, 0.3) is 0 Å². The van der Waals surface area contributed by atoms with E-state index in [1.807, 2.05) is 24.3 Å². The van der Waals surface area contributed by atoms with Gasteiger partial charge in [-0.1, -0.05) is 19.1 Å². The molecule has 0 aliphatic heterocycles. The first-order valence-electron chi connectivity index (χ1n) is 4.46. The summed E-state index contributed by atoms with van der Waals surface area (Å²) in [4.78, 5) is 0. The van der Waals surface area contributed by atoms with Crippen LogP contribution in [0.1, 0.15) is 31.2 Å². The van der Waals surface area contributed by atoms with Gasteiger partial charge in [-0.3, -0.25) is 0 Å². The minimum atomic E-state index is 0.445. The van der Waals surface area contributed by atoms with Gasteiger partial charge >= 0.3 is 0 Å². The Balaban J connectivity index is 2.62. The van der Waals surface area contributed by atoms with Crippen molar-refractivity contribution >= 4 is 5.69 Å². The SMILES string of the molecule is CC(CCC#N)c1ccc(N)cc1. The highest BCUT2D eigenvalue weighted by atomic mass is 14.5. The van der Waals surface area contributed by atoms with E-state index in [1.165, 1.54) is 5.56 Å². The maximum Gasteiger partial charge on any atom is 0.0621 e. The molecule has 0 heterocycles. The van der Waals surface area contributed by atoms with Gasteiger partial charge in [0.1, 0.15) is 0 Å². The number of benzene rings is 1. The molecule has 13 heavy (non-hydrogen) atoms. The van der Waals surface area contributed by atoms with Crippen LogP contribution in [0.5, 0.6) is 0 Å². The molecule has 0 bridgehead atoms. The second-order valence-corrected chi connectivity index (χ2v) is 3.26. The van der Waals surface area contributed by atoms with Crippen LogP contribution in [0.2, 0.25) is 0 Å². The molecule has 0 aliphatic rings. The highest BCUT2D eigenvalue weighted by Crippen LogP contribution is 2.20. The lowest BCUT2D eigenvalue weighted by Crippen LogP contribution is -1.93. The van der Waals surface area contributed by atoms with Crippen LogP contribution in [0, 0.1) is 11.3 Å². The van der Waals surface area contributed by atoms with Crippen LogP contribution >= 0.6 is 0 Å². The van der Waals surface area contributed by atoms with Crippen molar-refractivity contribution in [2.75, 3.05) is 5.73 Å². The molecule has 1 atom stereocenters. The molecule has 2 heteroatoms. The number of nitrogen functional groups attached to an aromatic ring is 1. The second-order valence-electron chi connectivity index (χ2n) is 3.26. The quantitative estimate of drug-likeness (QED) is 0.716. The summed E-state index contributed by atoms with van der Waals surface area (Å²) in [5.74, 6) is 0.445. The molecule has 0 amide bonds. The van der Waals surface area contributed by atoms with E-state index in [-0.39, 0.29) is 0 Å². The summed E-state index contributed by atoms with van der Waals surface area (Å²) in [5.41, 5.74) is 7.62. The first-order valence-corrected chi connectivity index (χ1v) is 4.46. The van der Waals surface area contributed by atoms with Crippen molar-refractivity contribution in [3.05, 3.63) is 29.8 Å². The Kier molecular flexibility index (Phi) is 3.33. The smallest absolute Gasteiger partial charge is 0.0621 e. The predicted molar refractivity (Wildman–Crippen MR) is 54.1 cm³/mol. The van der Waals surface area contributed by atoms with E-state index in [0.717, 1.165) is 12.1 Å². The van der Waals surface area contributed by atoms with Gasteiger partial charge in [-0.05, 0) is 30.0 Å². The molecule has 0 saturated heterocycles. The Labute approximate surface area is 79.0 Å². The lowest BCUT2D eigenvalue weighted by Gasteiger charge is -2.09. The third-order valence-electron chi connectivity index (χ3n) is 2.19. The van der Waals surface area contributed by atoms with E-state index in [0.29, 0.717) is 12.3 Å². The number of hydrogen-bond acceptors (Lipinski definition) is 2. The van der Waals surface area contributed by atoms with Crippen LogP contribution in [0.15, 0.2) is 24.3 Å². The van der Waals surface area contributed by atoms with Gasteiger partial charge in [0.2, 0.25) is 0 Å². The molecular weight excluding hydrogens is 160 g/mol. The summed E-state index contributed by atoms with van der Waals surface area (Å²) in [6.07, 6.45) is 1.53. The van der Waals surface area contributed by atoms with E-state index >= 15 is 0 Å². The number of rotatable bonds is 3. The summed E-state index contributed by atoms with van der Waals surface area (Å²) in [6, 6.07) is 10.0. The predicted octanol–water partition coefficient (Wildman–Crippen LogP) is 2.68. The molecule has 2 N–H and O–H groups in total. The lowest BCUT2D eigenvalue weighted by atomic mass is 9.96. The summed E-state index contributed by atoms with van der Waals surface area (Å²) in [5, 5.41) is 8.44. The topological polar surface area (TPSA) is 49.8 Å². The third kappa shape index (κ3) is 2.79. The van der Waals surface area contributed by atoms with E-state index in [9.17, 15) is 0 Å². The maximum absolute atomic E-state index is 8.44. The zero-order valence-corrected chi connectivity index (χ0v) is 7.83. The molecule has 68 valence electrons. The first kappa shape index (κ1) is 9.60. The molecule has 1 aromatic rings. The molecule has 1 rings (SSSR count). The summed E-state index contributed by atoms with van der Waals surface area (Å²) in [7, 11) is 0. The summed E-state index contributed by atoms with van der Waals surface area (Å²) >= 11 is 0. The normalized spacial score (nSPS) is 12.0. The van der Waals surface area contributed by atoms with E-state index in [4.69, 9.17) is 11.0 Å². The second kappa shape index (κ2) is 4.51. The van der Waals surface area contributed by atoms with Gasteiger partial charge in [-0.2, -0.15) is 5.26 Å². The van der Waals surface area contributed by atoms with E-state index in [2.05, 4.69) is 13.0 Å². The van der Waals surface area contributed by atoms with Crippen LogP contribution in [-0.2, 0) is 0 Å². The number of nitriles is 1. The maximum atomic E-state index is 8.44. The lowest BCUT2D eigenvalue weighted by molar-refractivity contribution is 0.695. The Bertz CT molecular complexity index is 295. The molecule has 2 nitrogen and oxygen atoms in total. The van der Waals surface area contributed by atoms with Crippen molar-refractivity contribution in [2.24, 2.45) is 0 Å². The van der Waals surface area contributed by atoms with Gasteiger partial charge in [-0.25, -0.2) is 0 Å². The fourth-order valence-corrected chi connectivity index (χ4v) is 1.27. The van der Waals surface area contributed by atoms with Crippen molar-refractivity contribution in [3.63, 3.8) is 0 Å². The molecule has 0 aromatic heterocycles. The fraction of sp³-hybridized carbons (Fsp3) is 0.364.